The zero-order valence-electron chi connectivity index (χ0n) is 4.83. The van der Waals surface area contributed by atoms with Crippen LogP contribution < -0.4 is 0 Å². The summed E-state index contributed by atoms with van der Waals surface area (Å²) >= 11 is 0. The van der Waals surface area contributed by atoms with Gasteiger partial charge in [0.1, 0.15) is 0 Å². The van der Waals surface area contributed by atoms with E-state index in [9.17, 15) is 14.2 Å². The second kappa shape index (κ2) is 5.39. The van der Waals surface area contributed by atoms with Gasteiger partial charge < -0.3 is 19.3 Å². The van der Waals surface area contributed by atoms with Crippen LogP contribution in [0.4, 0.5) is 9.59 Å². The number of carbonyl (C=O) groups is 2. The predicted molar refractivity (Wildman–Crippen MR) is 35.2 cm³/mol. The minimum absolute atomic E-state index is 0. The fourth-order valence-corrected chi connectivity index (χ4v) is 0.648. The molecule has 0 bridgehead atoms. The predicted octanol–water partition coefficient (Wildman–Crippen LogP) is -0.173. The summed E-state index contributed by atoms with van der Waals surface area (Å²) < 4.78 is 16.5. The van der Waals surface area contributed by atoms with Gasteiger partial charge in [-0.3, -0.25) is 4.89 Å². The topological polar surface area (TPSA) is 130 Å². The third-order valence-corrected chi connectivity index (χ3v) is 1.16. The van der Waals surface area contributed by atoms with Crippen LogP contribution >= 0.6 is 7.82 Å². The van der Waals surface area contributed by atoms with Crippen molar-refractivity contribution in [3.05, 3.63) is 0 Å². The molecule has 0 aromatic heterocycles. The Bertz CT molecular complexity index is 203. The second-order valence-corrected chi connectivity index (χ2v) is 2.49. The van der Waals surface area contributed by atoms with Crippen LogP contribution in [-0.4, -0.2) is 57.0 Å². The number of rotatable bonds is 2. The molecule has 8 nitrogen and oxygen atoms in total. The van der Waals surface area contributed by atoms with Gasteiger partial charge >= 0.3 is 49.7 Å². The van der Waals surface area contributed by atoms with Crippen LogP contribution in [0.5, 0.6) is 0 Å². The van der Waals surface area contributed by atoms with Crippen molar-refractivity contribution in [3.63, 3.8) is 0 Å². The van der Waals surface area contributed by atoms with Crippen molar-refractivity contribution in [2.45, 2.75) is 0 Å². The van der Waals surface area contributed by atoms with E-state index in [4.69, 9.17) is 15.1 Å². The molecule has 0 aliphatic carbocycles. The number of carboxylic acid groups (broad SMARTS) is 2. The number of phosphoric acid groups is 1. The van der Waals surface area contributed by atoms with Gasteiger partial charge in [0.25, 0.3) is 0 Å². The first-order valence-electron chi connectivity index (χ1n) is 2.01. The number of phosphoric ester groups is 1. The van der Waals surface area contributed by atoms with Crippen molar-refractivity contribution in [1.82, 2.24) is 0 Å². The van der Waals surface area contributed by atoms with Crippen molar-refractivity contribution in [2.24, 2.45) is 0 Å². The fraction of sp³-hybridized carbons (Fsp3) is 0. The molecule has 0 fully saturated rings. The van der Waals surface area contributed by atoms with E-state index >= 15 is 0 Å². The molecule has 0 heterocycles. The molecule has 0 aliphatic rings. The molecule has 10 heteroatoms. The summed E-state index contributed by atoms with van der Waals surface area (Å²) in [5.74, 6) is 0. The zero-order valence-corrected chi connectivity index (χ0v) is 5.72. The van der Waals surface area contributed by atoms with Crippen LogP contribution in [0.2, 0.25) is 0 Å². The summed E-state index contributed by atoms with van der Waals surface area (Å²) in [5, 5.41) is 15.5. The third-order valence-electron chi connectivity index (χ3n) is 0.387. The molecule has 0 aromatic rings. The van der Waals surface area contributed by atoms with Gasteiger partial charge in [-0.05, 0) is 0 Å². The van der Waals surface area contributed by atoms with Crippen molar-refractivity contribution in [3.8, 4) is 0 Å². The Kier molecular flexibility index (Phi) is 6.41. The first-order chi connectivity index (χ1) is 4.83. The van der Waals surface area contributed by atoms with Gasteiger partial charge in [-0.25, -0.2) is 14.2 Å². The Morgan fingerprint density at radius 1 is 1.08 bits per heavy atom. The molecule has 0 atom stereocenters. The van der Waals surface area contributed by atoms with E-state index in [0.29, 0.717) is 0 Å². The third kappa shape index (κ3) is 7.83. The van der Waals surface area contributed by atoms with Crippen LogP contribution in [0.15, 0.2) is 0 Å². The minimum atomic E-state index is -5.00. The van der Waals surface area contributed by atoms with E-state index in [2.05, 4.69) is 9.05 Å². The summed E-state index contributed by atoms with van der Waals surface area (Å²) in [4.78, 5) is 27.3. The monoisotopic (exact) mass is 210 g/mol. The van der Waals surface area contributed by atoms with Gasteiger partial charge in [-0.2, -0.15) is 0 Å². The molecular weight excluding hydrogens is 206 g/mol. The maximum atomic E-state index is 10.2. The van der Waals surface area contributed by atoms with Crippen LogP contribution in [0.25, 0.3) is 0 Å². The standard InChI is InChI=1S/C2H3O8P.Na.H/c3-1(4)9-11(7,8)10-2(5)6;;/h(H,3,4)(H,5,6)(H,7,8);;. The van der Waals surface area contributed by atoms with Crippen molar-refractivity contribution < 1.29 is 38.3 Å². The Hall–Kier alpha value is -0.270. The quantitative estimate of drug-likeness (QED) is 0.422. The molecule has 0 spiro atoms. The SMILES string of the molecule is O=C(O)OP(=O)(O)OC(=O)O.[NaH]. The summed E-state index contributed by atoms with van der Waals surface area (Å²) in [5.41, 5.74) is 0. The van der Waals surface area contributed by atoms with Crippen LogP contribution in [0.3, 0.4) is 0 Å². The number of hydrogen-bond donors (Lipinski definition) is 3. The Labute approximate surface area is 88.0 Å². The van der Waals surface area contributed by atoms with Crippen molar-refractivity contribution in [2.75, 3.05) is 0 Å². The molecule has 0 amide bonds. The van der Waals surface area contributed by atoms with Gasteiger partial charge in [0, 0.05) is 0 Å². The van der Waals surface area contributed by atoms with E-state index in [1.54, 1.807) is 0 Å². The molecule has 66 valence electrons. The van der Waals surface area contributed by atoms with E-state index in [-0.39, 0.29) is 29.6 Å². The molecule has 0 aromatic carbocycles. The summed E-state index contributed by atoms with van der Waals surface area (Å²) in [6, 6.07) is 0. The van der Waals surface area contributed by atoms with Gasteiger partial charge in [0.15, 0.2) is 0 Å². The molecular formula is C2H4NaO8P. The first-order valence-corrected chi connectivity index (χ1v) is 3.51. The summed E-state index contributed by atoms with van der Waals surface area (Å²) in [6.45, 7) is 0. The molecule has 0 unspecified atom stereocenters. The van der Waals surface area contributed by atoms with Crippen LogP contribution in [0.1, 0.15) is 0 Å². The maximum absolute atomic E-state index is 10.2. The van der Waals surface area contributed by atoms with Crippen molar-refractivity contribution in [1.29, 1.82) is 0 Å². The van der Waals surface area contributed by atoms with Crippen molar-refractivity contribution >= 4 is 49.7 Å². The van der Waals surface area contributed by atoms with E-state index in [1.807, 2.05) is 0 Å². The van der Waals surface area contributed by atoms with Crippen LogP contribution in [-0.2, 0) is 13.6 Å². The van der Waals surface area contributed by atoms with Gasteiger partial charge in [-0.1, -0.05) is 0 Å². The van der Waals surface area contributed by atoms with E-state index < -0.39 is 20.1 Å². The van der Waals surface area contributed by atoms with Gasteiger partial charge in [0.2, 0.25) is 0 Å². The molecule has 12 heavy (non-hydrogen) atoms. The van der Waals surface area contributed by atoms with Crippen LogP contribution in [0, 0.1) is 0 Å². The molecule has 0 saturated carbocycles. The second-order valence-electron chi connectivity index (χ2n) is 1.18. The first kappa shape index (κ1) is 14.3. The Balaban J connectivity index is 0. The average molecular weight is 210 g/mol. The Morgan fingerprint density at radius 2 is 1.33 bits per heavy atom. The van der Waals surface area contributed by atoms with E-state index in [1.165, 1.54) is 0 Å². The molecule has 0 aliphatic heterocycles. The van der Waals surface area contributed by atoms with Gasteiger partial charge in [0.05, 0.1) is 0 Å². The van der Waals surface area contributed by atoms with E-state index in [0.717, 1.165) is 0 Å². The molecule has 0 rings (SSSR count). The van der Waals surface area contributed by atoms with Gasteiger partial charge in [-0.15, -0.1) is 0 Å². The summed E-state index contributed by atoms with van der Waals surface area (Å²) in [7, 11) is -5.00. The number of hydrogen-bond acceptors (Lipinski definition) is 5. The normalized spacial score (nSPS) is 9.42. The fourth-order valence-electron chi connectivity index (χ4n) is 0.216. The summed E-state index contributed by atoms with van der Waals surface area (Å²) in [6.07, 6.45) is -4.20. The Morgan fingerprint density at radius 3 is 1.50 bits per heavy atom. The molecule has 0 saturated heterocycles. The molecule has 0 radical (unpaired) electrons. The zero-order chi connectivity index (χ0) is 9.07. The molecule has 3 N–H and O–H groups in total. The average Bonchev–Trinajstić information content (AvgIpc) is 1.53.